The van der Waals surface area contributed by atoms with Gasteiger partial charge >= 0.3 is 0 Å². The Morgan fingerprint density at radius 1 is 1.12 bits per heavy atom. The Balaban J connectivity index is 2.08. The fourth-order valence-corrected chi connectivity index (χ4v) is 3.36. The molecule has 1 aromatic carbocycles. The van der Waals surface area contributed by atoms with E-state index < -0.39 is 10.0 Å². The fraction of sp³-hybridized carbons (Fsp3) is 0.500. The topological polar surface area (TPSA) is 46.2 Å². The predicted molar refractivity (Wildman–Crippen MR) is 62.5 cm³/mol. The second-order valence-electron chi connectivity index (χ2n) is 4.19. The highest BCUT2D eigenvalue weighted by Crippen LogP contribution is 2.19. The van der Waals surface area contributed by atoms with E-state index in [9.17, 15) is 8.42 Å². The number of benzene rings is 1. The van der Waals surface area contributed by atoms with E-state index in [2.05, 4.69) is 10.8 Å². The molecule has 0 bridgehead atoms. The van der Waals surface area contributed by atoms with Gasteiger partial charge in [0.15, 0.2) is 0 Å². The molecule has 1 saturated carbocycles. The first-order valence-corrected chi connectivity index (χ1v) is 7.15. The van der Waals surface area contributed by atoms with Crippen molar-refractivity contribution in [2.45, 2.75) is 43.0 Å². The first-order valence-electron chi connectivity index (χ1n) is 5.67. The minimum absolute atomic E-state index is 0.114. The summed E-state index contributed by atoms with van der Waals surface area (Å²) in [6.07, 6.45) is 5.38. The molecule has 1 N–H and O–H groups in total. The van der Waals surface area contributed by atoms with Gasteiger partial charge < -0.3 is 0 Å². The first kappa shape index (κ1) is 11.6. The van der Waals surface area contributed by atoms with Gasteiger partial charge in [-0.25, -0.2) is 13.1 Å². The molecule has 2 rings (SSSR count). The molecule has 0 aliphatic heterocycles. The van der Waals surface area contributed by atoms with E-state index in [0.717, 1.165) is 25.7 Å². The van der Waals surface area contributed by atoms with Gasteiger partial charge in [0.2, 0.25) is 10.0 Å². The van der Waals surface area contributed by atoms with Crippen LogP contribution in [-0.4, -0.2) is 14.5 Å². The van der Waals surface area contributed by atoms with Crippen molar-refractivity contribution in [2.24, 2.45) is 0 Å². The highest BCUT2D eigenvalue weighted by Gasteiger charge is 2.21. The van der Waals surface area contributed by atoms with Crippen molar-refractivity contribution in [3.05, 3.63) is 30.3 Å². The van der Waals surface area contributed by atoms with Crippen LogP contribution in [0.25, 0.3) is 0 Å². The van der Waals surface area contributed by atoms with Gasteiger partial charge in [-0.15, -0.1) is 0 Å². The van der Waals surface area contributed by atoms with Crippen LogP contribution < -0.4 is 4.72 Å². The Labute approximate surface area is 96.9 Å². The molecule has 87 valence electrons. The van der Waals surface area contributed by atoms with Crippen molar-refractivity contribution in [2.75, 3.05) is 0 Å². The molecule has 1 aromatic rings. The molecule has 0 aromatic heterocycles. The Hall–Kier alpha value is -0.870. The second kappa shape index (κ2) is 4.97. The van der Waals surface area contributed by atoms with Crippen LogP contribution in [0.15, 0.2) is 29.2 Å². The average Bonchev–Trinajstić information content (AvgIpc) is 2.31. The molecule has 0 saturated heterocycles. The molecule has 0 amide bonds. The standard InChI is InChI=1S/C12H16NO2S/c14-16(15,12-9-5-2-6-10-12)13-11-7-3-1-4-8-11/h5-6,9-11,13H,1,3-4,7-8H2. The van der Waals surface area contributed by atoms with Crippen LogP contribution in [-0.2, 0) is 10.0 Å². The third-order valence-electron chi connectivity index (χ3n) is 2.92. The van der Waals surface area contributed by atoms with Gasteiger partial charge in [0.1, 0.15) is 0 Å². The van der Waals surface area contributed by atoms with Gasteiger partial charge in [-0.2, -0.15) is 0 Å². The molecule has 1 fully saturated rings. The van der Waals surface area contributed by atoms with Crippen LogP contribution in [0.1, 0.15) is 32.1 Å². The van der Waals surface area contributed by atoms with Gasteiger partial charge in [-0.1, -0.05) is 31.4 Å². The van der Waals surface area contributed by atoms with Gasteiger partial charge in [0, 0.05) is 6.04 Å². The summed E-state index contributed by atoms with van der Waals surface area (Å²) in [7, 11) is -3.33. The number of hydrogen-bond donors (Lipinski definition) is 1. The predicted octanol–water partition coefficient (Wildman–Crippen LogP) is 2.10. The zero-order chi connectivity index (χ0) is 11.4. The molecular weight excluding hydrogens is 222 g/mol. The van der Waals surface area contributed by atoms with E-state index in [-0.39, 0.29) is 6.04 Å². The summed E-state index contributed by atoms with van der Waals surface area (Å²) in [5, 5.41) is 0. The zero-order valence-electron chi connectivity index (χ0n) is 9.15. The number of hydrogen-bond acceptors (Lipinski definition) is 2. The van der Waals surface area contributed by atoms with E-state index in [1.807, 2.05) is 0 Å². The minimum Gasteiger partial charge on any atom is -0.208 e. The molecule has 1 aliphatic carbocycles. The van der Waals surface area contributed by atoms with Gasteiger partial charge in [-0.05, 0) is 31.0 Å². The van der Waals surface area contributed by atoms with E-state index in [1.54, 1.807) is 24.3 Å². The van der Waals surface area contributed by atoms with Crippen molar-refractivity contribution < 1.29 is 8.42 Å². The summed E-state index contributed by atoms with van der Waals surface area (Å²) < 4.78 is 26.7. The lowest BCUT2D eigenvalue weighted by Crippen LogP contribution is -2.36. The molecule has 1 aliphatic rings. The molecule has 3 nitrogen and oxygen atoms in total. The summed E-state index contributed by atoms with van der Waals surface area (Å²) in [6.45, 7) is 0. The van der Waals surface area contributed by atoms with Gasteiger partial charge in [-0.3, -0.25) is 0 Å². The lowest BCUT2D eigenvalue weighted by Gasteiger charge is -2.22. The van der Waals surface area contributed by atoms with E-state index in [0.29, 0.717) is 4.90 Å². The quantitative estimate of drug-likeness (QED) is 0.876. The van der Waals surface area contributed by atoms with Crippen molar-refractivity contribution in [3.63, 3.8) is 0 Å². The first-order chi connectivity index (χ1) is 7.68. The van der Waals surface area contributed by atoms with E-state index in [1.165, 1.54) is 6.42 Å². The van der Waals surface area contributed by atoms with Crippen molar-refractivity contribution in [1.29, 1.82) is 0 Å². The average molecular weight is 238 g/mol. The van der Waals surface area contributed by atoms with Crippen LogP contribution >= 0.6 is 0 Å². The summed E-state index contributed by atoms with van der Waals surface area (Å²) in [4.78, 5) is 0.330. The number of sulfonamides is 1. The van der Waals surface area contributed by atoms with Gasteiger partial charge in [0.05, 0.1) is 4.90 Å². The number of rotatable bonds is 3. The third kappa shape index (κ3) is 2.83. The molecule has 0 atom stereocenters. The Morgan fingerprint density at radius 2 is 1.75 bits per heavy atom. The number of nitrogens with one attached hydrogen (secondary N) is 1. The Kier molecular flexibility index (Phi) is 3.61. The zero-order valence-corrected chi connectivity index (χ0v) is 9.96. The van der Waals surface area contributed by atoms with Crippen LogP contribution in [0.5, 0.6) is 0 Å². The van der Waals surface area contributed by atoms with Crippen LogP contribution in [0.3, 0.4) is 0 Å². The summed E-state index contributed by atoms with van der Waals surface area (Å²) in [6, 6.07) is 9.32. The van der Waals surface area contributed by atoms with Crippen LogP contribution in [0.4, 0.5) is 0 Å². The van der Waals surface area contributed by atoms with E-state index >= 15 is 0 Å². The summed E-state index contributed by atoms with van der Waals surface area (Å²) in [5.74, 6) is 0. The highest BCUT2D eigenvalue weighted by atomic mass is 32.2. The summed E-state index contributed by atoms with van der Waals surface area (Å²) in [5.41, 5.74) is 0. The van der Waals surface area contributed by atoms with Crippen molar-refractivity contribution in [1.82, 2.24) is 4.72 Å². The fourth-order valence-electron chi connectivity index (χ4n) is 2.06. The summed E-state index contributed by atoms with van der Waals surface area (Å²) >= 11 is 0. The van der Waals surface area contributed by atoms with Crippen LogP contribution in [0, 0.1) is 6.07 Å². The maximum Gasteiger partial charge on any atom is 0.240 e. The van der Waals surface area contributed by atoms with Crippen molar-refractivity contribution >= 4 is 10.0 Å². The maximum atomic E-state index is 12.0. The minimum atomic E-state index is -3.33. The Morgan fingerprint density at radius 3 is 2.38 bits per heavy atom. The molecule has 1 radical (unpaired) electrons. The third-order valence-corrected chi connectivity index (χ3v) is 4.46. The lowest BCUT2D eigenvalue weighted by atomic mass is 9.96. The largest absolute Gasteiger partial charge is 0.240 e. The SMILES string of the molecule is O=S(=O)(NC1CCCCC1)c1cc[c]cc1. The molecule has 0 spiro atoms. The molecule has 0 unspecified atom stereocenters. The smallest absolute Gasteiger partial charge is 0.208 e. The van der Waals surface area contributed by atoms with E-state index in [4.69, 9.17) is 0 Å². The molecule has 4 heteroatoms. The normalized spacial score (nSPS) is 18.5. The Bertz CT molecular complexity index is 422. The second-order valence-corrected chi connectivity index (χ2v) is 5.91. The molecule has 16 heavy (non-hydrogen) atoms. The molecule has 0 heterocycles. The lowest BCUT2D eigenvalue weighted by molar-refractivity contribution is 0.412. The van der Waals surface area contributed by atoms with Gasteiger partial charge in [0.25, 0.3) is 0 Å². The maximum absolute atomic E-state index is 12.0. The van der Waals surface area contributed by atoms with Crippen LogP contribution in [0.2, 0.25) is 0 Å². The van der Waals surface area contributed by atoms with Crippen molar-refractivity contribution in [3.8, 4) is 0 Å². The highest BCUT2D eigenvalue weighted by molar-refractivity contribution is 7.89. The monoisotopic (exact) mass is 238 g/mol. The molecular formula is C12H16NO2S.